The van der Waals surface area contributed by atoms with Crippen LogP contribution in [0.1, 0.15) is 31.2 Å². The van der Waals surface area contributed by atoms with Crippen molar-refractivity contribution in [2.45, 2.75) is 44.3 Å². The van der Waals surface area contributed by atoms with Gasteiger partial charge in [-0.15, -0.1) is 11.3 Å². The zero-order valence-corrected chi connectivity index (χ0v) is 26.0. The average molecular weight is 630 g/mol. The van der Waals surface area contributed by atoms with Gasteiger partial charge in [-0.1, -0.05) is 6.07 Å². The number of aromatic nitrogens is 2. The molecule has 234 valence electrons. The van der Waals surface area contributed by atoms with Gasteiger partial charge >= 0.3 is 6.03 Å². The number of urea groups is 1. The highest BCUT2D eigenvalue weighted by atomic mass is 32.1. The van der Waals surface area contributed by atoms with E-state index in [1.165, 1.54) is 23.5 Å². The molecule has 1 saturated carbocycles. The molecule has 0 bridgehead atoms. The van der Waals surface area contributed by atoms with Crippen LogP contribution in [0.15, 0.2) is 54.9 Å². The summed E-state index contributed by atoms with van der Waals surface area (Å²) in [4.78, 5) is 42.0. The molecule has 2 N–H and O–H groups in total. The predicted molar refractivity (Wildman–Crippen MR) is 172 cm³/mol. The number of likely N-dealkylation sites (tertiary alicyclic amines) is 1. The minimum atomic E-state index is -0.580. The molecule has 45 heavy (non-hydrogen) atoms. The van der Waals surface area contributed by atoms with Crippen LogP contribution in [-0.2, 0) is 11.3 Å². The Bertz CT molecular complexity index is 1700. The summed E-state index contributed by atoms with van der Waals surface area (Å²) in [6, 6.07) is 11.9. The van der Waals surface area contributed by atoms with Crippen molar-refractivity contribution in [3.8, 4) is 22.1 Å². The fourth-order valence-electron chi connectivity index (χ4n) is 5.91. The summed E-state index contributed by atoms with van der Waals surface area (Å²) in [5.41, 5.74) is 2.97. The smallest absolute Gasteiger partial charge is 0.319 e. The zero-order valence-electron chi connectivity index (χ0n) is 25.2. The van der Waals surface area contributed by atoms with Crippen molar-refractivity contribution >= 4 is 39.2 Å². The summed E-state index contributed by atoms with van der Waals surface area (Å²) in [5.74, 6) is 0.219. The Morgan fingerprint density at radius 1 is 1.00 bits per heavy atom. The second-order valence-electron chi connectivity index (χ2n) is 12.1. The van der Waals surface area contributed by atoms with Crippen LogP contribution in [0.4, 0.5) is 14.9 Å². The number of ether oxygens (including phenoxy) is 1. The Morgan fingerprint density at radius 2 is 1.84 bits per heavy atom. The lowest BCUT2D eigenvalue weighted by Gasteiger charge is -2.35. The van der Waals surface area contributed by atoms with Crippen molar-refractivity contribution in [1.29, 1.82) is 0 Å². The van der Waals surface area contributed by atoms with Gasteiger partial charge in [-0.25, -0.2) is 9.18 Å². The number of hydrogen-bond acceptors (Lipinski definition) is 8. The first kappa shape index (κ1) is 29.6. The Hall–Kier alpha value is -4.13. The second-order valence-corrected chi connectivity index (χ2v) is 13.1. The zero-order chi connectivity index (χ0) is 30.9. The van der Waals surface area contributed by atoms with Gasteiger partial charge in [-0.2, -0.15) is 0 Å². The molecular weight excluding hydrogens is 593 g/mol. The van der Waals surface area contributed by atoms with E-state index in [0.29, 0.717) is 18.0 Å². The molecule has 1 aromatic carbocycles. The first-order chi connectivity index (χ1) is 21.9. The molecule has 7 rings (SSSR count). The van der Waals surface area contributed by atoms with Crippen LogP contribution in [0.25, 0.3) is 20.8 Å². The predicted octanol–water partition coefficient (Wildman–Crippen LogP) is 5.31. The number of rotatable bonds is 8. The molecule has 3 fully saturated rings. The molecule has 12 heteroatoms. The van der Waals surface area contributed by atoms with Crippen LogP contribution < -0.4 is 15.4 Å². The summed E-state index contributed by atoms with van der Waals surface area (Å²) < 4.78 is 21.7. The number of pyridine rings is 2. The quantitative estimate of drug-likeness (QED) is 0.272. The molecule has 2 aliphatic heterocycles. The fraction of sp³-hybridized carbons (Fsp3) is 0.394. The number of carbonyl (C=O) groups excluding carboxylic acids is 2. The molecule has 3 aromatic heterocycles. The number of hydrogen-bond donors (Lipinski definition) is 2. The van der Waals surface area contributed by atoms with Gasteiger partial charge < -0.3 is 25.2 Å². The number of carbonyl (C=O) groups is 2. The van der Waals surface area contributed by atoms with E-state index in [9.17, 15) is 14.0 Å². The molecule has 1 atom stereocenters. The number of halogens is 1. The third-order valence-electron chi connectivity index (χ3n) is 8.62. The van der Waals surface area contributed by atoms with Gasteiger partial charge in [-0.3, -0.25) is 19.7 Å². The van der Waals surface area contributed by atoms with E-state index in [0.717, 1.165) is 84.8 Å². The molecular formula is C33H36FN7O3S. The van der Waals surface area contributed by atoms with Crippen LogP contribution in [0.3, 0.4) is 0 Å². The number of likely N-dealkylation sites (N-methyl/N-ethyl adjacent to an activating group) is 1. The number of nitrogens with zero attached hydrogens (tertiary/aromatic N) is 5. The van der Waals surface area contributed by atoms with Crippen molar-refractivity contribution in [1.82, 2.24) is 30.0 Å². The maximum atomic E-state index is 14.9. The number of nitrogens with one attached hydrogen (secondary N) is 2. The van der Waals surface area contributed by atoms with Crippen molar-refractivity contribution < 1.29 is 18.7 Å². The fourth-order valence-corrected chi connectivity index (χ4v) is 6.95. The van der Waals surface area contributed by atoms with E-state index in [-0.39, 0.29) is 29.8 Å². The summed E-state index contributed by atoms with van der Waals surface area (Å²) in [6.07, 6.45) is 7.39. The van der Waals surface area contributed by atoms with E-state index in [2.05, 4.69) is 38.5 Å². The number of benzene rings is 1. The monoisotopic (exact) mass is 629 g/mol. The van der Waals surface area contributed by atoms with Crippen molar-refractivity contribution in [2.75, 3.05) is 45.1 Å². The van der Waals surface area contributed by atoms with Crippen LogP contribution in [-0.4, -0.2) is 88.5 Å². The molecule has 2 saturated heterocycles. The summed E-state index contributed by atoms with van der Waals surface area (Å²) in [7, 11) is 2.10. The standard InChI is InChI=1S/C33H36FN7O3S/c1-39-13-15-40(16-14-39)32(42)27-3-2-12-41(27)20-21-4-8-25(36-19-21)30-18-26-31(45-30)29(10-11-35-26)44-28-9-7-23(17-24(28)34)38-33(43)37-22-5-6-22/h4,7-11,17-19,22,27H,2-3,5-6,12-16,20H2,1H3,(H2,37,38,43). The summed E-state index contributed by atoms with van der Waals surface area (Å²) in [6.45, 7) is 5.04. The van der Waals surface area contributed by atoms with E-state index in [1.54, 1.807) is 18.3 Å². The Morgan fingerprint density at radius 3 is 2.60 bits per heavy atom. The highest BCUT2D eigenvalue weighted by Gasteiger charge is 2.34. The van der Waals surface area contributed by atoms with E-state index in [4.69, 9.17) is 9.72 Å². The van der Waals surface area contributed by atoms with Gasteiger partial charge in [0, 0.05) is 69.0 Å². The van der Waals surface area contributed by atoms with E-state index < -0.39 is 5.82 Å². The Labute approximate surface area is 265 Å². The Balaban J connectivity index is 1.02. The molecule has 5 heterocycles. The lowest BCUT2D eigenvalue weighted by Crippen LogP contribution is -2.52. The number of piperazine rings is 1. The maximum Gasteiger partial charge on any atom is 0.319 e. The SMILES string of the molecule is CN1CCN(C(=O)C2CCCN2Cc2ccc(-c3cc4nccc(Oc5ccc(NC(=O)NC6CC6)cc5F)c4s3)nc2)CC1. The molecule has 1 unspecified atom stereocenters. The van der Waals surface area contributed by atoms with Gasteiger partial charge in [0.15, 0.2) is 11.6 Å². The summed E-state index contributed by atoms with van der Waals surface area (Å²) >= 11 is 1.48. The third-order valence-corrected chi connectivity index (χ3v) is 9.79. The Kier molecular flexibility index (Phi) is 8.35. The van der Waals surface area contributed by atoms with Crippen LogP contribution in [0, 0.1) is 5.82 Å². The van der Waals surface area contributed by atoms with Gasteiger partial charge in [0.2, 0.25) is 5.91 Å². The minimum absolute atomic E-state index is 0.0550. The van der Waals surface area contributed by atoms with Crippen molar-refractivity contribution in [2.24, 2.45) is 0 Å². The topological polar surface area (TPSA) is 103 Å². The van der Waals surface area contributed by atoms with Gasteiger partial charge in [0.05, 0.1) is 26.8 Å². The highest BCUT2D eigenvalue weighted by molar-refractivity contribution is 7.22. The lowest BCUT2D eigenvalue weighted by atomic mass is 10.1. The molecule has 10 nitrogen and oxygen atoms in total. The third kappa shape index (κ3) is 6.77. The van der Waals surface area contributed by atoms with Crippen molar-refractivity contribution in [3.05, 3.63) is 66.2 Å². The van der Waals surface area contributed by atoms with E-state index >= 15 is 0 Å². The molecule has 3 aliphatic rings. The largest absolute Gasteiger partial charge is 0.453 e. The normalized spacial score (nSPS) is 19.2. The maximum absolute atomic E-state index is 14.9. The minimum Gasteiger partial charge on any atom is -0.453 e. The van der Waals surface area contributed by atoms with Crippen LogP contribution >= 0.6 is 11.3 Å². The molecule has 4 aromatic rings. The van der Waals surface area contributed by atoms with E-state index in [1.807, 2.05) is 23.2 Å². The first-order valence-corrected chi connectivity index (χ1v) is 16.3. The number of fused-ring (bicyclic) bond motifs is 1. The van der Waals surface area contributed by atoms with Crippen molar-refractivity contribution in [3.63, 3.8) is 0 Å². The van der Waals surface area contributed by atoms with Crippen LogP contribution in [0.5, 0.6) is 11.5 Å². The highest BCUT2D eigenvalue weighted by Crippen LogP contribution is 2.39. The summed E-state index contributed by atoms with van der Waals surface area (Å²) in [5, 5.41) is 5.48. The lowest BCUT2D eigenvalue weighted by molar-refractivity contribution is -0.137. The van der Waals surface area contributed by atoms with Gasteiger partial charge in [0.1, 0.15) is 5.75 Å². The number of anilines is 1. The average Bonchev–Trinajstić information content (AvgIpc) is 3.53. The molecule has 0 radical (unpaired) electrons. The van der Waals surface area contributed by atoms with Gasteiger partial charge in [0.25, 0.3) is 0 Å². The van der Waals surface area contributed by atoms with Gasteiger partial charge in [-0.05, 0) is 69.1 Å². The molecule has 0 spiro atoms. The first-order valence-electron chi connectivity index (χ1n) is 15.5. The van der Waals surface area contributed by atoms with Crippen LogP contribution in [0.2, 0.25) is 0 Å². The number of thiophene rings is 1. The molecule has 1 aliphatic carbocycles. The second kappa shape index (κ2) is 12.7. The number of amides is 3. The molecule has 3 amide bonds.